The number of hydrogen-bond acceptors (Lipinski definition) is 30. The van der Waals surface area contributed by atoms with E-state index < -0.39 is 236 Å². The molecule has 11 aliphatic rings. The number of hydrogen-bond donors (Lipinski definition) is 7. The van der Waals surface area contributed by atoms with Crippen LogP contribution in [0.15, 0.2) is 23.3 Å². The number of aliphatic hydroxyl groups excluding tert-OH is 4. The van der Waals surface area contributed by atoms with Crippen molar-refractivity contribution < 1.29 is 145 Å². The van der Waals surface area contributed by atoms with Gasteiger partial charge in [0.1, 0.15) is 83.9 Å². The minimum absolute atomic E-state index is 0.0521. The second kappa shape index (κ2) is 34.3. The van der Waals surface area contributed by atoms with E-state index in [9.17, 15) is 45.3 Å². The summed E-state index contributed by atoms with van der Waals surface area (Å²) in [6.45, 7) is 21.4. The summed E-state index contributed by atoms with van der Waals surface area (Å²) in [5.41, 5.74) is -6.26. The summed E-state index contributed by atoms with van der Waals surface area (Å²) < 4.78 is 134. The summed E-state index contributed by atoms with van der Waals surface area (Å²) in [4.78, 5) is 27.1. The van der Waals surface area contributed by atoms with Gasteiger partial charge in [-0.1, -0.05) is 38.0 Å². The lowest BCUT2D eigenvalue weighted by Crippen LogP contribution is -2.78. The first-order valence-electron chi connectivity index (χ1n) is 38.4. The Hall–Kier alpha value is -2.46. The number of ether oxygens (including phenoxy) is 21. The molecule has 0 aromatic heterocycles. The van der Waals surface area contributed by atoms with Gasteiger partial charge in [0.15, 0.2) is 49.8 Å². The molecule has 7 saturated heterocycles. The van der Waals surface area contributed by atoms with Crippen LogP contribution in [0.4, 0.5) is 0 Å². The highest BCUT2D eigenvalue weighted by Gasteiger charge is 2.81. The zero-order valence-corrected chi connectivity index (χ0v) is 65.1. The van der Waals surface area contributed by atoms with Gasteiger partial charge in [-0.25, -0.2) is 4.79 Å². The Labute approximate surface area is 623 Å². The number of allylic oxidation sites excluding steroid dienone is 1. The molecule has 10 fully saturated rings. The zero-order valence-electron chi connectivity index (χ0n) is 65.1. The van der Waals surface area contributed by atoms with E-state index in [1.165, 1.54) is 20.1 Å². The van der Waals surface area contributed by atoms with E-state index in [0.717, 1.165) is 11.1 Å². The van der Waals surface area contributed by atoms with Crippen molar-refractivity contribution in [3.63, 3.8) is 0 Å². The first kappa shape index (κ1) is 84.4. The average Bonchev–Trinajstić information content (AvgIpc) is 1.41. The van der Waals surface area contributed by atoms with Crippen LogP contribution >= 0.6 is 0 Å². The molecular formula is C76H124O30. The third-order valence-electron chi connectivity index (χ3n) is 26.2. The lowest BCUT2D eigenvalue weighted by atomic mass is 9.42. The smallest absolute Gasteiger partial charge is 0.330 e. The minimum atomic E-state index is -2.05. The van der Waals surface area contributed by atoms with Crippen molar-refractivity contribution in [3.05, 3.63) is 23.3 Å². The summed E-state index contributed by atoms with van der Waals surface area (Å²) >= 11 is 0. The fraction of sp³-hybridized carbons (Fsp3) is 0.921. The predicted molar refractivity (Wildman–Crippen MR) is 370 cm³/mol. The van der Waals surface area contributed by atoms with Crippen LogP contribution in [0.2, 0.25) is 0 Å². The van der Waals surface area contributed by atoms with Crippen LogP contribution in [0.5, 0.6) is 0 Å². The highest BCUT2D eigenvalue weighted by Crippen LogP contribution is 2.71. The molecule has 0 amide bonds. The molecule has 0 bridgehead atoms. The highest BCUT2D eigenvalue weighted by molar-refractivity contribution is 5.87. The van der Waals surface area contributed by atoms with Crippen LogP contribution in [0.1, 0.15) is 167 Å². The maximum absolute atomic E-state index is 13.7. The van der Waals surface area contributed by atoms with Gasteiger partial charge in [-0.2, -0.15) is 0 Å². The molecule has 30 nitrogen and oxygen atoms in total. The van der Waals surface area contributed by atoms with E-state index in [-0.39, 0.29) is 44.1 Å². The Morgan fingerprint density at radius 1 is 0.519 bits per heavy atom. The van der Waals surface area contributed by atoms with Gasteiger partial charge in [0.05, 0.1) is 91.4 Å². The molecule has 0 spiro atoms. The van der Waals surface area contributed by atoms with Crippen LogP contribution in [0, 0.1) is 22.7 Å². The van der Waals surface area contributed by atoms with Crippen molar-refractivity contribution in [1.82, 2.24) is 0 Å². The predicted octanol–water partition coefficient (Wildman–Crippen LogP) is 4.02. The van der Waals surface area contributed by atoms with E-state index in [1.807, 2.05) is 61.5 Å². The topological polar surface area (TPSA) is 370 Å². The van der Waals surface area contributed by atoms with Gasteiger partial charge in [-0.3, -0.25) is 4.79 Å². The van der Waals surface area contributed by atoms with Crippen molar-refractivity contribution in [2.24, 2.45) is 22.7 Å². The third-order valence-corrected chi connectivity index (χ3v) is 26.2. The molecule has 4 aliphatic carbocycles. The van der Waals surface area contributed by atoms with Gasteiger partial charge in [-0.15, -0.1) is 0 Å². The van der Waals surface area contributed by atoms with Gasteiger partial charge in [0, 0.05) is 93.2 Å². The van der Waals surface area contributed by atoms with Crippen LogP contribution < -0.4 is 0 Å². The fourth-order valence-electron chi connectivity index (χ4n) is 19.5. The largest absolute Gasteiger partial charge is 0.458 e. The van der Waals surface area contributed by atoms with Crippen LogP contribution in [-0.2, 0) is 109 Å². The van der Waals surface area contributed by atoms with Crippen molar-refractivity contribution in [2.45, 2.75) is 374 Å². The molecule has 7 aliphatic heterocycles. The first-order chi connectivity index (χ1) is 50.2. The zero-order chi connectivity index (χ0) is 77.0. The molecule has 0 aromatic rings. The van der Waals surface area contributed by atoms with Gasteiger partial charge >= 0.3 is 5.97 Å². The Bertz CT molecular complexity index is 2980. The van der Waals surface area contributed by atoms with Crippen molar-refractivity contribution in [3.8, 4) is 0 Å². The second-order valence-electron chi connectivity index (χ2n) is 32.5. The number of methoxy groups -OCH3 is 6. The fourth-order valence-corrected chi connectivity index (χ4v) is 19.5. The summed E-state index contributed by atoms with van der Waals surface area (Å²) in [6, 6.07) is 0. The van der Waals surface area contributed by atoms with Crippen LogP contribution in [-0.4, -0.2) is 304 Å². The van der Waals surface area contributed by atoms with Gasteiger partial charge in [0.2, 0.25) is 0 Å². The maximum Gasteiger partial charge on any atom is 0.330 e. The van der Waals surface area contributed by atoms with Crippen molar-refractivity contribution in [2.75, 3.05) is 49.3 Å². The van der Waals surface area contributed by atoms with E-state index in [0.29, 0.717) is 51.4 Å². The van der Waals surface area contributed by atoms with Crippen molar-refractivity contribution in [1.29, 1.82) is 0 Å². The van der Waals surface area contributed by atoms with Gasteiger partial charge in [0.25, 0.3) is 0 Å². The summed E-state index contributed by atoms with van der Waals surface area (Å²) in [6.07, 6.45) is -15.6. The lowest BCUT2D eigenvalue weighted by Gasteiger charge is -2.67. The van der Waals surface area contributed by atoms with E-state index >= 15 is 0 Å². The van der Waals surface area contributed by atoms with E-state index in [4.69, 9.17) is 99.5 Å². The van der Waals surface area contributed by atoms with Gasteiger partial charge < -0.3 is 135 Å². The Balaban J connectivity index is 0.638. The SMILES string of the molecule is COC1CC(OC2CCC3(C)C(=CCC4(O)C3CC(OC(=O)C=C(C)C(C)C)C3(C)C(O)(C(C)=O)CCC43O)C2)OC(C)C1OC1CC(OC)C(OC2CC(OC)C(OC3CC(OC)C(OC4CC(OC)C(OC5CC(OC)C(OC6OC(CO)C(O)C(O)C6O)C(C)O5)C(C)O4)C(C)O3)C(C)O2)C(C)O1. The number of carbonyl (C=O) groups is 2. The molecule has 11 rings (SSSR count). The lowest BCUT2D eigenvalue weighted by molar-refractivity contribution is -0.360. The molecule has 106 heavy (non-hydrogen) atoms. The molecule has 37 unspecified atom stereocenters. The number of esters is 1. The molecule has 30 heteroatoms. The molecule has 3 saturated carbocycles. The summed E-state index contributed by atoms with van der Waals surface area (Å²) in [5.74, 6) is -1.68. The molecule has 608 valence electrons. The van der Waals surface area contributed by atoms with Gasteiger partial charge in [-0.05, 0) is 119 Å². The molecular weight excluding hydrogens is 1390 g/mol. The highest BCUT2D eigenvalue weighted by atomic mass is 16.8. The maximum atomic E-state index is 13.7. The van der Waals surface area contributed by atoms with E-state index in [1.54, 1.807) is 49.4 Å². The Morgan fingerprint density at radius 3 is 1.25 bits per heavy atom. The Morgan fingerprint density at radius 2 is 0.896 bits per heavy atom. The quantitative estimate of drug-likeness (QED) is 0.0385. The minimum Gasteiger partial charge on any atom is -0.458 e. The second-order valence-corrected chi connectivity index (χ2v) is 32.5. The number of Topliss-reactive ketones (excluding diaryl/α,β-unsaturated/α-hetero) is 1. The van der Waals surface area contributed by atoms with Crippen molar-refractivity contribution >= 4 is 11.8 Å². The number of ketones is 1. The molecule has 0 radical (unpaired) electrons. The molecule has 7 heterocycles. The average molecular weight is 1520 g/mol. The number of fused-ring (bicyclic) bond motifs is 5. The number of carbonyl (C=O) groups excluding carboxylic acids is 2. The molecule has 7 N–H and O–H groups in total. The molecule has 0 aromatic carbocycles. The normalized spacial score (nSPS) is 50.2. The monoisotopic (exact) mass is 1520 g/mol. The third kappa shape index (κ3) is 16.2. The first-order valence-corrected chi connectivity index (χ1v) is 38.4. The standard InChI is InChI=1S/C76H124O30/c1-35(2)36(3)25-55(79)100-54-33-53-72(11)21-20-45(26-44(72)19-22-75(53,84)76(85)24-23-74(83,43(10)78)73(54,76)12)98-56-27-46(86-13)65(37(4)92-56)101-57-28-47(87-14)66(38(5)93-57)102-58-29-48(88-15)67(39(6)94-58)103-59-30-49(89-16)68(40(7)95-59)104-60-31-50(90-17)69(41(8)96-60)105-61-32-51(91-18)70(42(9)97-61)106-71-64(82)63(81)62(80)52(34-77)99-71/h19,25,35,37-42,45-54,56-71,77,80-85H,20-24,26-34H2,1-18H3. The van der Waals surface area contributed by atoms with Crippen LogP contribution in [0.3, 0.4) is 0 Å². The number of rotatable bonds is 25. The summed E-state index contributed by atoms with van der Waals surface area (Å²) in [5, 5.41) is 79.3. The summed E-state index contributed by atoms with van der Waals surface area (Å²) in [7, 11) is 9.62. The van der Waals surface area contributed by atoms with E-state index in [2.05, 4.69) is 6.92 Å². The van der Waals surface area contributed by atoms with Crippen LogP contribution in [0.25, 0.3) is 0 Å². The Kier molecular flexibility index (Phi) is 27.3. The number of aliphatic hydroxyl groups is 7. The molecule has 37 atom stereocenters.